The van der Waals surface area contributed by atoms with Crippen LogP contribution in [-0.2, 0) is 0 Å². The maximum atomic E-state index is 13.4. The summed E-state index contributed by atoms with van der Waals surface area (Å²) in [5.41, 5.74) is 7.51. The van der Waals surface area contributed by atoms with Gasteiger partial charge in [-0.2, -0.15) is 5.10 Å². The molecule has 5 aromatic rings. The topological polar surface area (TPSA) is 82.3 Å². The molecule has 1 aromatic carbocycles. The second kappa shape index (κ2) is 7.14. The van der Waals surface area contributed by atoms with Crippen molar-refractivity contribution in [1.29, 1.82) is 0 Å². The summed E-state index contributed by atoms with van der Waals surface area (Å²) in [6.07, 6.45) is 6.87. The Bertz CT molecular complexity index is 1440. The Labute approximate surface area is 177 Å². The van der Waals surface area contributed by atoms with E-state index >= 15 is 0 Å². The first-order valence-corrected chi connectivity index (χ1v) is 10.2. The molecule has 152 valence electrons. The lowest BCUT2D eigenvalue weighted by Crippen LogP contribution is -2.20. The van der Waals surface area contributed by atoms with E-state index in [2.05, 4.69) is 42.6 Å². The summed E-state index contributed by atoms with van der Waals surface area (Å²) in [5, 5.41) is 12.9. The van der Waals surface area contributed by atoms with Gasteiger partial charge in [0.1, 0.15) is 11.5 Å². The van der Waals surface area contributed by atoms with Gasteiger partial charge in [-0.3, -0.25) is 10.1 Å². The molecule has 4 aromatic heterocycles. The van der Waals surface area contributed by atoms with Crippen LogP contribution < -0.4 is 5.32 Å². The van der Waals surface area contributed by atoms with Gasteiger partial charge in [0, 0.05) is 40.8 Å². The Morgan fingerprint density at radius 1 is 0.903 bits per heavy atom. The van der Waals surface area contributed by atoms with Gasteiger partial charge < -0.3 is 10.3 Å². The Morgan fingerprint density at radius 2 is 1.81 bits per heavy atom. The molecular weight excluding hydrogens is 391 g/mol. The number of hydrogen-bond acceptors (Lipinski definition) is 4. The number of nitrogens with zero attached hydrogens (tertiary/aromatic N) is 3. The van der Waals surface area contributed by atoms with E-state index in [1.165, 1.54) is 17.7 Å². The molecule has 3 N–H and O–H groups in total. The first-order chi connectivity index (χ1) is 15.3. The van der Waals surface area contributed by atoms with Gasteiger partial charge in [-0.1, -0.05) is 6.08 Å². The molecule has 0 saturated heterocycles. The highest BCUT2D eigenvalue weighted by molar-refractivity contribution is 5.99. The third-order valence-electron chi connectivity index (χ3n) is 5.77. The summed E-state index contributed by atoms with van der Waals surface area (Å²) < 4.78 is 13.4. The zero-order valence-corrected chi connectivity index (χ0v) is 16.6. The summed E-state index contributed by atoms with van der Waals surface area (Å²) >= 11 is 0. The molecule has 0 radical (unpaired) electrons. The number of H-pyrrole nitrogens is 2. The van der Waals surface area contributed by atoms with Crippen molar-refractivity contribution in [3.8, 4) is 22.6 Å². The molecule has 0 atom stereocenters. The van der Waals surface area contributed by atoms with Crippen molar-refractivity contribution in [3.05, 3.63) is 72.3 Å². The average molecular weight is 410 g/mol. The molecule has 0 unspecified atom stereocenters. The van der Waals surface area contributed by atoms with Crippen LogP contribution in [0.1, 0.15) is 12.0 Å². The van der Waals surface area contributed by atoms with Crippen LogP contribution in [-0.4, -0.2) is 38.2 Å². The van der Waals surface area contributed by atoms with E-state index in [4.69, 9.17) is 0 Å². The predicted molar refractivity (Wildman–Crippen MR) is 120 cm³/mol. The lowest BCUT2D eigenvalue weighted by atomic mass is 10.0. The fourth-order valence-corrected chi connectivity index (χ4v) is 4.19. The minimum absolute atomic E-state index is 0.263. The zero-order chi connectivity index (χ0) is 20.8. The van der Waals surface area contributed by atoms with E-state index in [-0.39, 0.29) is 5.82 Å². The van der Waals surface area contributed by atoms with Crippen molar-refractivity contribution >= 4 is 27.5 Å². The fraction of sp³-hybridized carbons (Fsp3) is 0.125. The number of nitrogens with one attached hydrogen (secondary N) is 3. The standard InChI is InChI=1S/C24H19FN6/c25-17-3-1-15(2-4-17)22-18-12-21(29-20(18)7-10-27-22)23-19-11-16(13-28-24(19)31-30-23)14-5-8-26-9-6-14/h1-5,7,10-13,26,29H,6,8-9H2,(H,28,30,31). The highest BCUT2D eigenvalue weighted by Gasteiger charge is 2.16. The lowest BCUT2D eigenvalue weighted by Gasteiger charge is -2.13. The average Bonchev–Trinajstić information content (AvgIpc) is 3.43. The first-order valence-electron chi connectivity index (χ1n) is 10.2. The van der Waals surface area contributed by atoms with E-state index in [0.717, 1.165) is 69.7 Å². The van der Waals surface area contributed by atoms with Crippen LogP contribution in [0.4, 0.5) is 4.39 Å². The minimum atomic E-state index is -0.263. The summed E-state index contributed by atoms with van der Waals surface area (Å²) in [6.45, 7) is 1.86. The first kappa shape index (κ1) is 18.0. The number of hydrogen-bond donors (Lipinski definition) is 3. The largest absolute Gasteiger partial charge is 0.353 e. The molecule has 5 heterocycles. The number of rotatable bonds is 3. The van der Waals surface area contributed by atoms with Crippen molar-refractivity contribution in [2.45, 2.75) is 6.42 Å². The predicted octanol–water partition coefficient (Wildman–Crippen LogP) is 4.68. The smallest absolute Gasteiger partial charge is 0.155 e. The van der Waals surface area contributed by atoms with Crippen molar-refractivity contribution < 1.29 is 4.39 Å². The normalized spacial score (nSPS) is 14.3. The van der Waals surface area contributed by atoms with Crippen molar-refractivity contribution in [1.82, 2.24) is 30.5 Å². The van der Waals surface area contributed by atoms with Crippen LogP contribution in [0.3, 0.4) is 0 Å². The zero-order valence-electron chi connectivity index (χ0n) is 16.6. The van der Waals surface area contributed by atoms with Gasteiger partial charge in [0.05, 0.1) is 11.4 Å². The minimum Gasteiger partial charge on any atom is -0.353 e. The second-order valence-electron chi connectivity index (χ2n) is 7.69. The van der Waals surface area contributed by atoms with Gasteiger partial charge in [0.15, 0.2) is 5.65 Å². The number of aromatic nitrogens is 5. The number of fused-ring (bicyclic) bond motifs is 2. The number of benzene rings is 1. The van der Waals surface area contributed by atoms with Crippen LogP contribution in [0.25, 0.3) is 50.2 Å². The summed E-state index contributed by atoms with van der Waals surface area (Å²) in [6, 6.07) is 12.5. The van der Waals surface area contributed by atoms with Gasteiger partial charge >= 0.3 is 0 Å². The molecule has 1 aliphatic heterocycles. The Balaban J connectivity index is 1.48. The van der Waals surface area contributed by atoms with Gasteiger partial charge in [0.25, 0.3) is 0 Å². The number of aromatic amines is 2. The Morgan fingerprint density at radius 3 is 2.65 bits per heavy atom. The summed E-state index contributed by atoms with van der Waals surface area (Å²) in [7, 11) is 0. The Hall–Kier alpha value is -3.84. The fourth-order valence-electron chi connectivity index (χ4n) is 4.19. The molecule has 6 rings (SSSR count). The third kappa shape index (κ3) is 3.10. The summed E-state index contributed by atoms with van der Waals surface area (Å²) in [4.78, 5) is 12.6. The van der Waals surface area contributed by atoms with Crippen LogP contribution in [0.15, 0.2) is 60.9 Å². The van der Waals surface area contributed by atoms with Crippen LogP contribution in [0, 0.1) is 5.82 Å². The van der Waals surface area contributed by atoms with E-state index in [9.17, 15) is 4.39 Å². The van der Waals surface area contributed by atoms with Gasteiger partial charge in [-0.05, 0) is 66.6 Å². The molecule has 0 fully saturated rings. The van der Waals surface area contributed by atoms with Crippen LogP contribution in [0.2, 0.25) is 0 Å². The van der Waals surface area contributed by atoms with Crippen LogP contribution >= 0.6 is 0 Å². The van der Waals surface area contributed by atoms with Crippen molar-refractivity contribution in [3.63, 3.8) is 0 Å². The maximum Gasteiger partial charge on any atom is 0.155 e. The SMILES string of the molecule is Fc1ccc(-c2nccc3[nH]c(-c4n[nH]c5ncc(C6=CCNCC6)cc45)cc23)cc1. The highest BCUT2D eigenvalue weighted by atomic mass is 19.1. The molecule has 0 aliphatic carbocycles. The molecule has 0 amide bonds. The monoisotopic (exact) mass is 410 g/mol. The molecule has 6 nitrogen and oxygen atoms in total. The van der Waals surface area contributed by atoms with Gasteiger partial charge in [-0.15, -0.1) is 0 Å². The molecule has 31 heavy (non-hydrogen) atoms. The molecule has 0 spiro atoms. The number of pyridine rings is 2. The maximum absolute atomic E-state index is 13.4. The van der Waals surface area contributed by atoms with Crippen molar-refractivity contribution in [2.75, 3.05) is 13.1 Å². The highest BCUT2D eigenvalue weighted by Crippen LogP contribution is 2.33. The number of halogens is 1. The molecule has 0 bridgehead atoms. The third-order valence-corrected chi connectivity index (χ3v) is 5.77. The molecule has 0 saturated carbocycles. The van der Waals surface area contributed by atoms with Crippen molar-refractivity contribution in [2.24, 2.45) is 0 Å². The summed E-state index contributed by atoms with van der Waals surface area (Å²) in [5.74, 6) is -0.263. The van der Waals surface area contributed by atoms with Crippen LogP contribution in [0.5, 0.6) is 0 Å². The molecule has 1 aliphatic rings. The lowest BCUT2D eigenvalue weighted by molar-refractivity contribution is 0.628. The van der Waals surface area contributed by atoms with E-state index in [0.29, 0.717) is 0 Å². The van der Waals surface area contributed by atoms with Gasteiger partial charge in [0.2, 0.25) is 0 Å². The van der Waals surface area contributed by atoms with Gasteiger partial charge in [-0.25, -0.2) is 9.37 Å². The van der Waals surface area contributed by atoms with E-state index in [1.54, 1.807) is 18.3 Å². The molecular formula is C24H19FN6. The Kier molecular flexibility index (Phi) is 4.14. The van der Waals surface area contributed by atoms with E-state index < -0.39 is 0 Å². The van der Waals surface area contributed by atoms with E-state index in [1.807, 2.05) is 18.3 Å². The quantitative estimate of drug-likeness (QED) is 0.403. The second-order valence-corrected chi connectivity index (χ2v) is 7.69. The molecule has 7 heteroatoms.